The number of benzene rings is 1. The minimum absolute atomic E-state index is 0.0142. The van der Waals surface area contributed by atoms with E-state index >= 15 is 0 Å². The van der Waals surface area contributed by atoms with E-state index in [4.69, 9.17) is 4.74 Å². The lowest BCUT2D eigenvalue weighted by Gasteiger charge is -2.33. The first-order valence-electron chi connectivity index (χ1n) is 9.40. The fourth-order valence-electron chi connectivity index (χ4n) is 4.07. The van der Waals surface area contributed by atoms with Crippen LogP contribution in [0.3, 0.4) is 0 Å². The molecule has 1 spiro atoms. The first-order valence-corrected chi connectivity index (χ1v) is 9.40. The number of aromatic nitrogens is 4. The van der Waals surface area contributed by atoms with Crippen LogP contribution in [-0.2, 0) is 24.4 Å². The number of nitrogens with zero attached hydrogens (tertiary/aromatic N) is 4. The van der Waals surface area contributed by atoms with Crippen LogP contribution in [0.15, 0.2) is 53.6 Å². The van der Waals surface area contributed by atoms with E-state index in [2.05, 4.69) is 10.1 Å². The molecular weight excluding hydrogens is 358 g/mol. The quantitative estimate of drug-likeness (QED) is 0.742. The Labute approximate surface area is 161 Å². The van der Waals surface area contributed by atoms with E-state index in [-0.39, 0.29) is 18.2 Å². The minimum atomic E-state index is -0.524. The Morgan fingerprint density at radius 3 is 2.86 bits per heavy atom. The Morgan fingerprint density at radius 2 is 2.07 bits per heavy atom. The van der Waals surface area contributed by atoms with Crippen LogP contribution in [0, 0.1) is 0 Å². The number of fused-ring (bicyclic) bond motifs is 1. The Morgan fingerprint density at radius 1 is 1.21 bits per heavy atom. The van der Waals surface area contributed by atoms with Crippen molar-refractivity contribution in [3.63, 3.8) is 0 Å². The molecule has 2 aromatic heterocycles. The van der Waals surface area contributed by atoms with Crippen molar-refractivity contribution in [3.8, 4) is 0 Å². The van der Waals surface area contributed by atoms with Crippen molar-refractivity contribution in [3.05, 3.63) is 76.2 Å². The summed E-state index contributed by atoms with van der Waals surface area (Å²) in [5, 5.41) is 4.45. The second kappa shape index (κ2) is 6.49. The molecule has 2 aliphatic rings. The molecule has 28 heavy (non-hydrogen) atoms. The zero-order chi connectivity index (χ0) is 19.1. The molecule has 0 saturated carbocycles. The number of hydrogen-bond acceptors (Lipinski definition) is 4. The van der Waals surface area contributed by atoms with E-state index in [0.717, 1.165) is 5.56 Å². The van der Waals surface area contributed by atoms with E-state index in [1.807, 2.05) is 30.3 Å². The van der Waals surface area contributed by atoms with Gasteiger partial charge in [0.25, 0.3) is 5.91 Å². The van der Waals surface area contributed by atoms with E-state index in [9.17, 15) is 9.59 Å². The largest absolute Gasteiger partial charge is 0.367 e. The third-order valence-corrected chi connectivity index (χ3v) is 5.58. The van der Waals surface area contributed by atoms with Gasteiger partial charge in [-0.2, -0.15) is 5.10 Å². The van der Waals surface area contributed by atoms with Crippen molar-refractivity contribution in [1.29, 1.82) is 0 Å². The monoisotopic (exact) mass is 379 g/mol. The number of rotatable bonds is 3. The van der Waals surface area contributed by atoms with Gasteiger partial charge in [0, 0.05) is 18.9 Å². The lowest BCUT2D eigenvalue weighted by atomic mass is 10.0. The van der Waals surface area contributed by atoms with E-state index in [0.29, 0.717) is 44.0 Å². The zero-order valence-corrected chi connectivity index (χ0v) is 15.4. The van der Waals surface area contributed by atoms with E-state index in [1.54, 1.807) is 27.9 Å². The highest BCUT2D eigenvalue weighted by atomic mass is 16.5. The number of likely N-dealkylation sites (tertiary alicyclic amines) is 1. The summed E-state index contributed by atoms with van der Waals surface area (Å²) < 4.78 is 9.33. The van der Waals surface area contributed by atoms with E-state index < -0.39 is 5.60 Å². The van der Waals surface area contributed by atoms with Crippen LogP contribution in [0.1, 0.15) is 28.2 Å². The van der Waals surface area contributed by atoms with Crippen LogP contribution in [0.5, 0.6) is 0 Å². The van der Waals surface area contributed by atoms with Crippen molar-refractivity contribution < 1.29 is 9.53 Å². The van der Waals surface area contributed by atoms with Crippen molar-refractivity contribution in [1.82, 2.24) is 24.2 Å². The van der Waals surface area contributed by atoms with Gasteiger partial charge in [0.1, 0.15) is 12.2 Å². The average Bonchev–Trinajstić information content (AvgIpc) is 3.45. The van der Waals surface area contributed by atoms with Gasteiger partial charge in [0.15, 0.2) is 5.82 Å². The van der Waals surface area contributed by atoms with Gasteiger partial charge in [0.05, 0.1) is 25.2 Å². The molecule has 0 radical (unpaired) electrons. The SMILES string of the molecule is O=C(c1cc[nH]c1)N1CCC2(C1)Cn1c(nn(Cc3ccccc3)c1=O)CO2. The van der Waals surface area contributed by atoms with Gasteiger partial charge in [-0.05, 0) is 18.1 Å². The van der Waals surface area contributed by atoms with Crippen molar-refractivity contribution in [2.75, 3.05) is 13.1 Å². The molecule has 1 amide bonds. The lowest BCUT2D eigenvalue weighted by Crippen LogP contribution is -2.47. The lowest BCUT2D eigenvalue weighted by molar-refractivity contribution is -0.0816. The zero-order valence-electron chi connectivity index (χ0n) is 15.4. The molecule has 1 saturated heterocycles. The van der Waals surface area contributed by atoms with Crippen LogP contribution in [0.25, 0.3) is 0 Å². The summed E-state index contributed by atoms with van der Waals surface area (Å²) in [4.78, 5) is 30.2. The third kappa shape index (κ3) is 2.86. The standard InChI is InChI=1S/C20H21N5O3/c26-18(16-6-8-21-10-16)23-9-7-20(13-23)14-24-17(12-28-20)22-25(19(24)27)11-15-4-2-1-3-5-15/h1-6,8,10,21H,7,9,11-14H2. The maximum atomic E-state index is 12.9. The van der Waals surface area contributed by atoms with Gasteiger partial charge in [-0.3, -0.25) is 9.36 Å². The molecule has 1 N–H and O–H groups in total. The van der Waals surface area contributed by atoms with Gasteiger partial charge in [0.2, 0.25) is 0 Å². The molecule has 0 bridgehead atoms. The Bertz CT molecular complexity index is 1050. The molecule has 144 valence electrons. The summed E-state index contributed by atoms with van der Waals surface area (Å²) in [6, 6.07) is 11.6. The van der Waals surface area contributed by atoms with Crippen molar-refractivity contribution in [2.45, 2.75) is 31.7 Å². The number of aromatic amines is 1. The summed E-state index contributed by atoms with van der Waals surface area (Å²) in [7, 11) is 0. The Kier molecular flexibility index (Phi) is 3.94. The highest BCUT2D eigenvalue weighted by Gasteiger charge is 2.45. The summed E-state index contributed by atoms with van der Waals surface area (Å²) in [6.07, 6.45) is 4.15. The Balaban J connectivity index is 1.36. The number of carbonyl (C=O) groups excluding carboxylic acids is 1. The fraction of sp³-hybridized carbons (Fsp3) is 0.350. The molecular formula is C20H21N5O3. The first kappa shape index (κ1) is 17.0. The van der Waals surface area contributed by atoms with Gasteiger partial charge >= 0.3 is 5.69 Å². The van der Waals surface area contributed by atoms with Crippen LogP contribution >= 0.6 is 0 Å². The fourth-order valence-corrected chi connectivity index (χ4v) is 4.07. The number of ether oxygens (including phenoxy) is 1. The van der Waals surface area contributed by atoms with Crippen LogP contribution < -0.4 is 5.69 Å². The predicted molar refractivity (Wildman–Crippen MR) is 101 cm³/mol. The molecule has 8 nitrogen and oxygen atoms in total. The van der Waals surface area contributed by atoms with Crippen LogP contribution in [0.2, 0.25) is 0 Å². The van der Waals surface area contributed by atoms with Gasteiger partial charge < -0.3 is 14.6 Å². The number of hydrogen-bond donors (Lipinski definition) is 1. The van der Waals surface area contributed by atoms with Gasteiger partial charge in [-0.15, -0.1) is 0 Å². The van der Waals surface area contributed by atoms with Crippen molar-refractivity contribution in [2.24, 2.45) is 0 Å². The minimum Gasteiger partial charge on any atom is -0.367 e. The van der Waals surface area contributed by atoms with Gasteiger partial charge in [-0.1, -0.05) is 30.3 Å². The molecule has 1 atom stereocenters. The summed E-state index contributed by atoms with van der Waals surface area (Å²) in [5.41, 5.74) is 1.02. The third-order valence-electron chi connectivity index (χ3n) is 5.58. The van der Waals surface area contributed by atoms with Crippen LogP contribution in [-0.4, -0.2) is 48.8 Å². The first-order chi connectivity index (χ1) is 13.6. The summed E-state index contributed by atoms with van der Waals surface area (Å²) in [6.45, 7) is 2.24. The number of carbonyl (C=O) groups is 1. The molecule has 1 fully saturated rings. The highest BCUT2D eigenvalue weighted by Crippen LogP contribution is 2.32. The molecule has 3 aromatic rings. The normalized spacial score (nSPS) is 21.2. The highest BCUT2D eigenvalue weighted by molar-refractivity contribution is 5.94. The molecule has 0 aliphatic carbocycles. The number of amides is 1. The second-order valence-electron chi connectivity index (χ2n) is 7.48. The van der Waals surface area contributed by atoms with Crippen LogP contribution in [0.4, 0.5) is 0 Å². The summed E-state index contributed by atoms with van der Waals surface area (Å²) >= 11 is 0. The van der Waals surface area contributed by atoms with E-state index in [1.165, 1.54) is 4.68 Å². The number of nitrogens with one attached hydrogen (secondary N) is 1. The molecule has 8 heteroatoms. The second-order valence-corrected chi connectivity index (χ2v) is 7.48. The maximum Gasteiger partial charge on any atom is 0.346 e. The topological polar surface area (TPSA) is 85.2 Å². The number of H-pyrrole nitrogens is 1. The van der Waals surface area contributed by atoms with Gasteiger partial charge in [-0.25, -0.2) is 9.48 Å². The Hall–Kier alpha value is -3.13. The average molecular weight is 379 g/mol. The molecule has 2 aliphatic heterocycles. The van der Waals surface area contributed by atoms with Crippen molar-refractivity contribution >= 4 is 5.91 Å². The predicted octanol–water partition coefficient (Wildman–Crippen LogP) is 1.24. The molecule has 5 rings (SSSR count). The smallest absolute Gasteiger partial charge is 0.346 e. The molecule has 1 unspecified atom stereocenters. The molecule has 4 heterocycles. The molecule has 1 aromatic carbocycles. The maximum absolute atomic E-state index is 12.9. The summed E-state index contributed by atoms with van der Waals surface area (Å²) in [5.74, 6) is 0.626.